The summed E-state index contributed by atoms with van der Waals surface area (Å²) in [5, 5.41) is 4.17. The third kappa shape index (κ3) is 5.48. The lowest BCUT2D eigenvalue weighted by Crippen LogP contribution is -2.27. The number of rotatable bonds is 10. The van der Waals surface area contributed by atoms with Crippen molar-refractivity contribution in [3.05, 3.63) is 95.4 Å². The van der Waals surface area contributed by atoms with E-state index in [0.717, 1.165) is 34.1 Å². The van der Waals surface area contributed by atoms with E-state index in [-0.39, 0.29) is 24.1 Å². The second-order valence-corrected chi connectivity index (χ2v) is 8.49. The number of hydrogen-bond acceptors (Lipinski definition) is 3. The maximum absolute atomic E-state index is 13.7. The van der Waals surface area contributed by atoms with Gasteiger partial charge in [0.15, 0.2) is 11.5 Å². The van der Waals surface area contributed by atoms with Crippen molar-refractivity contribution in [3.63, 3.8) is 0 Å². The van der Waals surface area contributed by atoms with Gasteiger partial charge < -0.3 is 19.4 Å². The number of aryl methyl sites for hydroxylation is 1. The van der Waals surface area contributed by atoms with Gasteiger partial charge in [-0.2, -0.15) is 0 Å². The summed E-state index contributed by atoms with van der Waals surface area (Å²) in [5.41, 5.74) is 4.17. The van der Waals surface area contributed by atoms with Crippen LogP contribution in [0.4, 0.5) is 4.39 Å². The number of fused-ring (bicyclic) bond motifs is 1. The van der Waals surface area contributed by atoms with Gasteiger partial charge in [-0.25, -0.2) is 4.39 Å². The Morgan fingerprint density at radius 2 is 1.74 bits per heavy atom. The second-order valence-electron chi connectivity index (χ2n) is 8.49. The third-order valence-electron chi connectivity index (χ3n) is 6.38. The fraction of sp³-hybridized carbons (Fsp3) is 0.276. The zero-order chi connectivity index (χ0) is 24.8. The Balaban J connectivity index is 1.52. The zero-order valence-electron chi connectivity index (χ0n) is 20.4. The Bertz CT molecular complexity index is 1300. The topological polar surface area (TPSA) is 52.5 Å². The van der Waals surface area contributed by atoms with E-state index in [0.29, 0.717) is 24.5 Å². The minimum absolute atomic E-state index is 0.0480. The molecule has 0 saturated carbocycles. The lowest BCUT2D eigenvalue weighted by molar-refractivity contribution is -0.121. The maximum atomic E-state index is 13.7. The number of carbonyl (C=O) groups is 1. The van der Waals surface area contributed by atoms with Crippen LogP contribution in [0.5, 0.6) is 11.5 Å². The number of carbonyl (C=O) groups excluding carboxylic acids is 1. The summed E-state index contributed by atoms with van der Waals surface area (Å²) in [6.45, 7) is 3.43. The Labute approximate surface area is 205 Å². The molecule has 1 N–H and O–H groups in total. The molecule has 0 fully saturated rings. The van der Waals surface area contributed by atoms with Crippen molar-refractivity contribution in [1.29, 1.82) is 0 Å². The van der Waals surface area contributed by atoms with Crippen molar-refractivity contribution in [3.8, 4) is 11.5 Å². The molecule has 0 saturated heterocycles. The van der Waals surface area contributed by atoms with E-state index in [9.17, 15) is 9.18 Å². The lowest BCUT2D eigenvalue weighted by Gasteiger charge is -2.17. The molecule has 0 aliphatic rings. The standard InChI is InChI=1S/C29H31FN2O3/c1-4-32-19-25(23-7-5-6-8-26(23)32)24(21-10-12-22(30)13-11-21)18-29(33)31-16-15-20-9-14-27(34-2)28(17-20)35-3/h5-14,17,19,24H,4,15-16,18H2,1-3H3,(H,31,33). The van der Waals surface area contributed by atoms with Crippen molar-refractivity contribution in [2.75, 3.05) is 20.8 Å². The van der Waals surface area contributed by atoms with Gasteiger partial charge >= 0.3 is 0 Å². The van der Waals surface area contributed by atoms with Crippen LogP contribution < -0.4 is 14.8 Å². The molecule has 1 atom stereocenters. The highest BCUT2D eigenvalue weighted by atomic mass is 19.1. The number of aromatic nitrogens is 1. The van der Waals surface area contributed by atoms with E-state index in [1.165, 1.54) is 12.1 Å². The number of nitrogens with one attached hydrogen (secondary N) is 1. The molecule has 1 amide bonds. The molecule has 4 aromatic rings. The number of benzene rings is 3. The van der Waals surface area contributed by atoms with Crippen LogP contribution in [-0.2, 0) is 17.8 Å². The number of ether oxygens (including phenoxy) is 2. The van der Waals surface area contributed by atoms with Gasteiger partial charge in [0.25, 0.3) is 0 Å². The molecule has 0 aliphatic heterocycles. The number of hydrogen-bond donors (Lipinski definition) is 1. The van der Waals surface area contributed by atoms with Crippen LogP contribution in [0, 0.1) is 5.82 Å². The van der Waals surface area contributed by atoms with Gasteiger partial charge in [0.2, 0.25) is 5.91 Å². The molecule has 182 valence electrons. The second kappa shape index (κ2) is 11.1. The molecule has 1 unspecified atom stereocenters. The normalized spacial score (nSPS) is 11.9. The molecule has 0 radical (unpaired) electrons. The van der Waals surface area contributed by atoms with Crippen LogP contribution in [0.15, 0.2) is 72.9 Å². The van der Waals surface area contributed by atoms with E-state index in [1.807, 2.05) is 30.3 Å². The van der Waals surface area contributed by atoms with Gasteiger partial charge in [0.05, 0.1) is 14.2 Å². The van der Waals surface area contributed by atoms with Crippen molar-refractivity contribution in [2.24, 2.45) is 0 Å². The molecule has 3 aromatic carbocycles. The highest BCUT2D eigenvalue weighted by Gasteiger charge is 2.22. The van der Waals surface area contributed by atoms with E-state index in [1.54, 1.807) is 26.4 Å². The van der Waals surface area contributed by atoms with Gasteiger partial charge in [-0.05, 0) is 60.4 Å². The number of nitrogens with zero attached hydrogens (tertiary/aromatic N) is 1. The summed E-state index contributed by atoms with van der Waals surface area (Å²) in [6.07, 6.45) is 3.06. The van der Waals surface area contributed by atoms with Gasteiger partial charge in [0.1, 0.15) is 5.82 Å². The van der Waals surface area contributed by atoms with Crippen molar-refractivity contribution >= 4 is 16.8 Å². The summed E-state index contributed by atoms with van der Waals surface area (Å²) in [4.78, 5) is 13.1. The third-order valence-corrected chi connectivity index (χ3v) is 6.38. The first kappa shape index (κ1) is 24.3. The van der Waals surface area contributed by atoms with Crippen molar-refractivity contribution in [1.82, 2.24) is 9.88 Å². The van der Waals surface area contributed by atoms with Gasteiger partial charge in [-0.1, -0.05) is 36.4 Å². The SMILES string of the molecule is CCn1cc(C(CC(=O)NCCc2ccc(OC)c(OC)c2)c2ccc(F)cc2)c2ccccc21. The van der Waals surface area contributed by atoms with Crippen LogP contribution >= 0.6 is 0 Å². The number of halogens is 1. The Hall–Kier alpha value is -3.80. The smallest absolute Gasteiger partial charge is 0.220 e. The van der Waals surface area contributed by atoms with E-state index in [2.05, 4.69) is 35.1 Å². The molecular weight excluding hydrogens is 443 g/mol. The summed E-state index contributed by atoms with van der Waals surface area (Å²) in [5.74, 6) is 0.819. The van der Waals surface area contributed by atoms with Crippen LogP contribution in [0.2, 0.25) is 0 Å². The van der Waals surface area contributed by atoms with Crippen molar-refractivity contribution in [2.45, 2.75) is 32.2 Å². The summed E-state index contributed by atoms with van der Waals surface area (Å²) in [7, 11) is 3.21. The minimum atomic E-state index is -0.289. The minimum Gasteiger partial charge on any atom is -0.493 e. The first-order valence-corrected chi connectivity index (χ1v) is 11.8. The molecule has 0 aliphatic carbocycles. The Morgan fingerprint density at radius 3 is 2.46 bits per heavy atom. The monoisotopic (exact) mass is 474 g/mol. The maximum Gasteiger partial charge on any atom is 0.220 e. The number of methoxy groups -OCH3 is 2. The predicted octanol–water partition coefficient (Wildman–Crippen LogP) is 5.70. The van der Waals surface area contributed by atoms with Crippen molar-refractivity contribution < 1.29 is 18.7 Å². The lowest BCUT2D eigenvalue weighted by atomic mass is 9.88. The zero-order valence-corrected chi connectivity index (χ0v) is 20.4. The quantitative estimate of drug-likeness (QED) is 0.321. The average Bonchev–Trinajstić information content (AvgIpc) is 3.26. The molecule has 4 rings (SSSR count). The first-order valence-electron chi connectivity index (χ1n) is 11.8. The van der Waals surface area contributed by atoms with Gasteiger partial charge in [-0.3, -0.25) is 4.79 Å². The largest absolute Gasteiger partial charge is 0.493 e. The molecule has 1 heterocycles. The molecule has 0 bridgehead atoms. The highest BCUT2D eigenvalue weighted by Crippen LogP contribution is 2.35. The fourth-order valence-corrected chi connectivity index (χ4v) is 4.56. The van der Waals surface area contributed by atoms with E-state index in [4.69, 9.17) is 9.47 Å². The van der Waals surface area contributed by atoms with Crippen LogP contribution in [-0.4, -0.2) is 31.2 Å². The first-order chi connectivity index (χ1) is 17.0. The predicted molar refractivity (Wildman–Crippen MR) is 137 cm³/mol. The van der Waals surface area contributed by atoms with Crippen LogP contribution in [0.3, 0.4) is 0 Å². The summed E-state index contributed by atoms with van der Waals surface area (Å²) in [6, 6.07) is 20.4. The summed E-state index contributed by atoms with van der Waals surface area (Å²) < 4.78 is 26.5. The van der Waals surface area contributed by atoms with E-state index < -0.39 is 0 Å². The van der Waals surface area contributed by atoms with Crippen LogP contribution in [0.1, 0.15) is 36.0 Å². The molecular formula is C29H31FN2O3. The average molecular weight is 475 g/mol. The number of amides is 1. The molecule has 6 heteroatoms. The fourth-order valence-electron chi connectivity index (χ4n) is 4.56. The number of para-hydroxylation sites is 1. The summed E-state index contributed by atoms with van der Waals surface area (Å²) >= 11 is 0. The Kier molecular flexibility index (Phi) is 7.70. The molecule has 0 spiro atoms. The molecule has 35 heavy (non-hydrogen) atoms. The van der Waals surface area contributed by atoms with Crippen LogP contribution in [0.25, 0.3) is 10.9 Å². The Morgan fingerprint density at radius 1 is 1.00 bits per heavy atom. The molecule has 1 aromatic heterocycles. The molecule has 5 nitrogen and oxygen atoms in total. The van der Waals surface area contributed by atoms with E-state index >= 15 is 0 Å². The van der Waals surface area contributed by atoms with Gasteiger partial charge in [-0.15, -0.1) is 0 Å². The highest BCUT2D eigenvalue weighted by molar-refractivity contribution is 5.86. The van der Waals surface area contributed by atoms with Gasteiger partial charge in [0, 0.05) is 42.5 Å².